The number of hydrogen-bond donors (Lipinski definition) is 0. The second-order valence-corrected chi connectivity index (χ2v) is 11.4. The lowest BCUT2D eigenvalue weighted by molar-refractivity contribution is -0.117. The molecule has 2 aliphatic rings. The molecule has 0 aliphatic carbocycles. The first-order chi connectivity index (χ1) is 17.5. The van der Waals surface area contributed by atoms with Crippen molar-refractivity contribution in [1.29, 1.82) is 0 Å². The third-order valence-corrected chi connectivity index (χ3v) is 7.80. The first-order valence-electron chi connectivity index (χ1n) is 13.5. The Morgan fingerprint density at radius 3 is 1.35 bits per heavy atom. The number of allylic oxidation sites excluding steroid dienone is 2. The van der Waals surface area contributed by atoms with Crippen LogP contribution >= 0.6 is 0 Å². The molecule has 2 heterocycles. The zero-order valence-electron chi connectivity index (χ0n) is 23.1. The van der Waals surface area contributed by atoms with E-state index in [1.54, 1.807) is 0 Å². The van der Waals surface area contributed by atoms with Crippen molar-refractivity contribution in [3.05, 3.63) is 72.1 Å². The number of carbonyl (C=O) groups is 2. The minimum atomic E-state index is -0.0912. The molecule has 4 rings (SSSR count). The summed E-state index contributed by atoms with van der Waals surface area (Å²) in [6, 6.07) is 16.0. The van der Waals surface area contributed by atoms with Crippen LogP contribution in [-0.4, -0.2) is 24.7 Å². The topological polar surface area (TPSA) is 49.9 Å². The van der Waals surface area contributed by atoms with Crippen LogP contribution in [0.4, 0.5) is 11.4 Å². The monoisotopic (exact) mass is 500 g/mol. The Bertz CT molecular complexity index is 1110. The number of hydrogen-bond acceptors (Lipinski definition) is 5. The van der Waals surface area contributed by atoms with Crippen LogP contribution in [0.15, 0.2) is 72.1 Å². The highest BCUT2D eigenvalue weighted by atomic mass is 16.5. The minimum absolute atomic E-state index is 0.0912. The molecule has 196 valence electrons. The van der Waals surface area contributed by atoms with Crippen LogP contribution in [0.3, 0.4) is 0 Å². The van der Waals surface area contributed by atoms with Crippen LogP contribution in [0.25, 0.3) is 0 Å². The number of nitrogens with zero attached hydrogens (tertiary/aromatic N) is 2. The van der Waals surface area contributed by atoms with Crippen molar-refractivity contribution in [2.24, 2.45) is 10.8 Å². The third-order valence-electron chi connectivity index (χ3n) is 7.80. The van der Waals surface area contributed by atoms with E-state index in [1.807, 2.05) is 74.8 Å². The quantitative estimate of drug-likeness (QED) is 0.372. The number of Topliss-reactive ketones (excluding diaryl/α,β-unsaturated/α-hetero) is 2. The van der Waals surface area contributed by atoms with Gasteiger partial charge in [-0.25, -0.2) is 0 Å². The molecule has 0 saturated heterocycles. The van der Waals surface area contributed by atoms with Gasteiger partial charge in [0, 0.05) is 60.9 Å². The highest BCUT2D eigenvalue weighted by Gasteiger charge is 2.33. The summed E-state index contributed by atoms with van der Waals surface area (Å²) in [7, 11) is 0. The van der Waals surface area contributed by atoms with Gasteiger partial charge in [0.05, 0.1) is 0 Å². The van der Waals surface area contributed by atoms with E-state index in [-0.39, 0.29) is 22.4 Å². The highest BCUT2D eigenvalue weighted by molar-refractivity contribution is 5.97. The summed E-state index contributed by atoms with van der Waals surface area (Å²) < 4.78 is 6.11. The fourth-order valence-corrected chi connectivity index (χ4v) is 5.09. The lowest BCUT2D eigenvalue weighted by Gasteiger charge is -2.37. The maximum absolute atomic E-state index is 12.5. The molecule has 0 atom stereocenters. The Balaban J connectivity index is 1.45. The van der Waals surface area contributed by atoms with Crippen molar-refractivity contribution >= 4 is 22.9 Å². The summed E-state index contributed by atoms with van der Waals surface area (Å²) in [5.74, 6) is 1.96. The van der Waals surface area contributed by atoms with Crippen LogP contribution in [0.2, 0.25) is 0 Å². The molecule has 0 saturated carbocycles. The number of anilines is 2. The van der Waals surface area contributed by atoms with E-state index >= 15 is 0 Å². The molecule has 0 unspecified atom stereocenters. The predicted octanol–water partition coefficient (Wildman–Crippen LogP) is 7.68. The van der Waals surface area contributed by atoms with Crippen molar-refractivity contribution in [3.63, 3.8) is 0 Å². The van der Waals surface area contributed by atoms with E-state index < -0.39 is 0 Å². The van der Waals surface area contributed by atoms with E-state index in [0.717, 1.165) is 60.0 Å². The molecule has 0 radical (unpaired) electrons. The average Bonchev–Trinajstić information content (AvgIpc) is 2.88. The Morgan fingerprint density at radius 2 is 1.03 bits per heavy atom. The molecule has 2 aliphatic heterocycles. The summed E-state index contributed by atoms with van der Waals surface area (Å²) in [5, 5.41) is 0. The summed E-state index contributed by atoms with van der Waals surface area (Å²) in [5.41, 5.74) is 3.73. The fraction of sp³-hybridized carbons (Fsp3) is 0.438. The molecule has 0 aromatic heterocycles. The maximum atomic E-state index is 12.5. The largest absolute Gasteiger partial charge is 0.457 e. The number of ether oxygens (including phenoxy) is 1. The predicted molar refractivity (Wildman–Crippen MR) is 151 cm³/mol. The smallest absolute Gasteiger partial charge is 0.160 e. The van der Waals surface area contributed by atoms with E-state index in [1.165, 1.54) is 0 Å². The maximum Gasteiger partial charge on any atom is 0.160 e. The second-order valence-electron chi connectivity index (χ2n) is 11.4. The molecule has 5 heteroatoms. The van der Waals surface area contributed by atoms with Gasteiger partial charge in [-0.2, -0.15) is 0 Å². The zero-order chi connectivity index (χ0) is 26.8. The van der Waals surface area contributed by atoms with Crippen LogP contribution in [0.1, 0.15) is 67.2 Å². The van der Waals surface area contributed by atoms with Gasteiger partial charge in [-0.1, -0.05) is 41.5 Å². The van der Waals surface area contributed by atoms with Gasteiger partial charge < -0.3 is 14.5 Å². The number of carbonyl (C=O) groups excluding carboxylic acids is 2. The Hall–Kier alpha value is -3.34. The van der Waals surface area contributed by atoms with Gasteiger partial charge in [0.2, 0.25) is 0 Å². The van der Waals surface area contributed by atoms with Crippen LogP contribution < -0.4 is 14.5 Å². The van der Waals surface area contributed by atoms with Gasteiger partial charge in [-0.15, -0.1) is 0 Å². The number of rotatable bonds is 8. The lowest BCUT2D eigenvalue weighted by Crippen LogP contribution is -2.34. The Morgan fingerprint density at radius 1 is 0.676 bits per heavy atom. The van der Waals surface area contributed by atoms with E-state index in [4.69, 9.17) is 4.74 Å². The van der Waals surface area contributed by atoms with Crippen LogP contribution in [0, 0.1) is 10.8 Å². The Labute approximate surface area is 221 Å². The molecule has 0 N–H and O–H groups in total. The van der Waals surface area contributed by atoms with Gasteiger partial charge >= 0.3 is 0 Å². The van der Waals surface area contributed by atoms with Crippen molar-refractivity contribution in [3.8, 4) is 11.5 Å². The minimum Gasteiger partial charge on any atom is -0.457 e. The van der Waals surface area contributed by atoms with Crippen LogP contribution in [0.5, 0.6) is 11.5 Å². The van der Waals surface area contributed by atoms with Gasteiger partial charge in [-0.3, -0.25) is 9.59 Å². The molecule has 5 nitrogen and oxygen atoms in total. The first-order valence-corrected chi connectivity index (χ1v) is 13.5. The zero-order valence-corrected chi connectivity index (χ0v) is 23.1. The van der Waals surface area contributed by atoms with Crippen molar-refractivity contribution in [2.45, 2.75) is 67.2 Å². The highest BCUT2D eigenvalue weighted by Crippen LogP contribution is 2.39. The average molecular weight is 501 g/mol. The van der Waals surface area contributed by atoms with Crippen molar-refractivity contribution in [1.82, 2.24) is 0 Å². The van der Waals surface area contributed by atoms with E-state index in [2.05, 4.69) is 37.5 Å². The van der Waals surface area contributed by atoms with Crippen LogP contribution in [-0.2, 0) is 9.59 Å². The molecule has 0 fully saturated rings. The van der Waals surface area contributed by atoms with Gasteiger partial charge in [0.25, 0.3) is 0 Å². The molecular formula is C32H40N2O3. The summed E-state index contributed by atoms with van der Waals surface area (Å²) in [4.78, 5) is 29.3. The molecule has 0 amide bonds. The van der Waals surface area contributed by atoms with E-state index in [9.17, 15) is 9.59 Å². The number of benzene rings is 2. The Kier molecular flexibility index (Phi) is 7.63. The molecule has 2 aromatic carbocycles. The van der Waals surface area contributed by atoms with Crippen molar-refractivity contribution < 1.29 is 14.3 Å². The molecule has 37 heavy (non-hydrogen) atoms. The normalized spacial score (nSPS) is 18.6. The van der Waals surface area contributed by atoms with E-state index in [0.29, 0.717) is 12.8 Å². The standard InChI is InChI=1S/C32H40N2O3/c1-7-29(35)27-21-33(19-17-31(27,3)4)23-9-13-25(14-10-23)37-26-15-11-24(12-16-26)34-20-18-32(5,6)28(22-34)30(36)8-2/h9-16,21-22H,7-8,17-20H2,1-6H3. The van der Waals surface area contributed by atoms with Gasteiger partial charge in [0.1, 0.15) is 11.5 Å². The molecule has 0 bridgehead atoms. The summed E-state index contributed by atoms with van der Waals surface area (Å²) in [6.07, 6.45) is 6.98. The summed E-state index contributed by atoms with van der Waals surface area (Å²) in [6.45, 7) is 14.2. The van der Waals surface area contributed by atoms with Gasteiger partial charge in [-0.05, 0) is 72.2 Å². The number of ketones is 2. The lowest BCUT2D eigenvalue weighted by atomic mass is 9.77. The third kappa shape index (κ3) is 5.82. The molecular weight excluding hydrogens is 460 g/mol. The van der Waals surface area contributed by atoms with Gasteiger partial charge in [0.15, 0.2) is 11.6 Å². The summed E-state index contributed by atoms with van der Waals surface area (Å²) >= 11 is 0. The van der Waals surface area contributed by atoms with Crippen molar-refractivity contribution in [2.75, 3.05) is 22.9 Å². The first kappa shape index (κ1) is 26.7. The SMILES string of the molecule is CCC(=O)C1=CN(c2ccc(Oc3ccc(N4C=C(C(=O)CC)C(C)(C)CC4)cc3)cc2)CCC1(C)C. The fourth-order valence-electron chi connectivity index (χ4n) is 5.09. The molecule has 0 spiro atoms. The molecule has 2 aromatic rings. The second kappa shape index (κ2) is 10.6.